The van der Waals surface area contributed by atoms with Gasteiger partial charge in [-0.1, -0.05) is 35.0 Å². The van der Waals surface area contributed by atoms with Crippen molar-refractivity contribution in [2.24, 2.45) is 11.1 Å². The van der Waals surface area contributed by atoms with E-state index in [1.807, 2.05) is 6.92 Å². The molecule has 0 aromatic carbocycles. The largest absolute Gasteiger partial charge is 0.376 e. The molecule has 2 aromatic rings. The summed E-state index contributed by atoms with van der Waals surface area (Å²) in [5, 5.41) is 1.66. The molecule has 0 amide bonds. The highest BCUT2D eigenvalue weighted by Gasteiger charge is 2.47. The van der Waals surface area contributed by atoms with Gasteiger partial charge in [-0.3, -0.25) is 4.21 Å². The normalized spacial score (nSPS) is 24.4. The van der Waals surface area contributed by atoms with Gasteiger partial charge in [0.05, 0.1) is 34.7 Å². The first-order chi connectivity index (χ1) is 14.3. The zero-order valence-corrected chi connectivity index (χ0v) is 19.8. The molecule has 3 atom stereocenters. The number of aromatic nitrogens is 3. The predicted molar refractivity (Wildman–Crippen MR) is 120 cm³/mol. The van der Waals surface area contributed by atoms with E-state index in [-0.39, 0.29) is 22.7 Å². The first-order valence-electron chi connectivity index (χ1n) is 9.61. The first kappa shape index (κ1) is 22.2. The van der Waals surface area contributed by atoms with Gasteiger partial charge in [-0.2, -0.15) is 0 Å². The van der Waals surface area contributed by atoms with Crippen LogP contribution in [0.2, 0.25) is 10.2 Å². The number of ether oxygens (including phenoxy) is 1. The van der Waals surface area contributed by atoms with E-state index < -0.39 is 10.8 Å². The van der Waals surface area contributed by atoms with Crippen LogP contribution in [-0.2, 0) is 15.5 Å². The van der Waals surface area contributed by atoms with Crippen molar-refractivity contribution in [1.82, 2.24) is 15.0 Å². The van der Waals surface area contributed by atoms with Crippen molar-refractivity contribution in [2.45, 2.75) is 46.9 Å². The van der Waals surface area contributed by atoms with Crippen molar-refractivity contribution in [1.29, 1.82) is 0 Å². The lowest BCUT2D eigenvalue weighted by atomic mass is 9.73. The molecular formula is C19H23Cl2N5O2S2. The maximum Gasteiger partial charge on any atom is 0.170 e. The van der Waals surface area contributed by atoms with Crippen molar-refractivity contribution < 1.29 is 8.95 Å². The second-order valence-electron chi connectivity index (χ2n) is 7.70. The number of hydrogen-bond donors (Lipinski definition) is 1. The van der Waals surface area contributed by atoms with Crippen molar-refractivity contribution in [3.05, 3.63) is 28.6 Å². The van der Waals surface area contributed by atoms with E-state index in [2.05, 4.69) is 19.9 Å². The summed E-state index contributed by atoms with van der Waals surface area (Å²) >= 11 is 13.5. The Balaban J connectivity index is 1.55. The van der Waals surface area contributed by atoms with Gasteiger partial charge in [-0.05, 0) is 25.8 Å². The molecule has 0 radical (unpaired) electrons. The number of pyridine rings is 1. The highest BCUT2D eigenvalue weighted by molar-refractivity contribution is 7.99. The van der Waals surface area contributed by atoms with Gasteiger partial charge in [0.15, 0.2) is 10.8 Å². The van der Waals surface area contributed by atoms with Crippen LogP contribution in [0.5, 0.6) is 0 Å². The fourth-order valence-corrected chi connectivity index (χ4v) is 5.99. The van der Waals surface area contributed by atoms with Crippen molar-refractivity contribution >= 4 is 51.6 Å². The molecule has 2 saturated heterocycles. The van der Waals surface area contributed by atoms with E-state index >= 15 is 0 Å². The molecule has 30 heavy (non-hydrogen) atoms. The molecule has 2 aliphatic heterocycles. The van der Waals surface area contributed by atoms with Crippen molar-refractivity contribution in [3.63, 3.8) is 0 Å². The minimum atomic E-state index is -1.29. The smallest absolute Gasteiger partial charge is 0.170 e. The molecule has 162 valence electrons. The van der Waals surface area contributed by atoms with Crippen LogP contribution < -0.4 is 10.6 Å². The van der Waals surface area contributed by atoms with Crippen LogP contribution in [0, 0.1) is 5.41 Å². The summed E-state index contributed by atoms with van der Waals surface area (Å²) in [5.74, 6) is 0.662. The summed E-state index contributed by atoms with van der Waals surface area (Å²) in [4.78, 5) is 16.1. The molecule has 1 spiro atoms. The van der Waals surface area contributed by atoms with E-state index in [0.717, 1.165) is 30.8 Å². The number of anilines is 1. The fourth-order valence-electron chi connectivity index (χ4n) is 4.04. The number of halogens is 2. The molecule has 0 saturated carbocycles. The molecule has 4 heterocycles. The number of piperidine rings is 1. The zero-order chi connectivity index (χ0) is 21.5. The van der Waals surface area contributed by atoms with Gasteiger partial charge in [-0.15, -0.1) is 0 Å². The van der Waals surface area contributed by atoms with E-state index in [1.165, 1.54) is 11.8 Å². The maximum absolute atomic E-state index is 12.5. The Morgan fingerprint density at radius 2 is 2.07 bits per heavy atom. The van der Waals surface area contributed by atoms with Crippen LogP contribution >= 0.6 is 35.0 Å². The van der Waals surface area contributed by atoms with Gasteiger partial charge in [0.1, 0.15) is 10.2 Å². The monoisotopic (exact) mass is 487 g/mol. The quantitative estimate of drug-likeness (QED) is 0.655. The van der Waals surface area contributed by atoms with E-state index in [1.54, 1.807) is 24.7 Å². The molecule has 2 aromatic heterocycles. The SMILES string of the molecule is C[C@@H]1OCC2(CCN(c3ncc(Sc4ccnc(Cl)c4Cl)nc3S(C)=O)CC2)[C@@H]1N. The van der Waals surface area contributed by atoms with E-state index in [9.17, 15) is 4.21 Å². The molecule has 11 heteroatoms. The Labute approximate surface area is 192 Å². The third-order valence-corrected chi connectivity index (χ3v) is 8.57. The molecule has 1 unspecified atom stereocenters. The molecule has 2 N–H and O–H groups in total. The number of nitrogens with zero attached hydrogens (tertiary/aromatic N) is 4. The summed E-state index contributed by atoms with van der Waals surface area (Å²) < 4.78 is 18.3. The third kappa shape index (κ3) is 4.20. The van der Waals surface area contributed by atoms with Crippen LogP contribution in [0.25, 0.3) is 0 Å². The highest BCUT2D eigenvalue weighted by atomic mass is 35.5. The Hall–Kier alpha value is -0.970. The first-order valence-corrected chi connectivity index (χ1v) is 12.7. The van der Waals surface area contributed by atoms with Crippen LogP contribution in [0.4, 0.5) is 5.82 Å². The topological polar surface area (TPSA) is 94.2 Å². The Morgan fingerprint density at radius 1 is 1.33 bits per heavy atom. The molecule has 0 bridgehead atoms. The summed E-state index contributed by atoms with van der Waals surface area (Å²) in [5.41, 5.74) is 6.43. The summed E-state index contributed by atoms with van der Waals surface area (Å²) in [6.07, 6.45) is 6.79. The summed E-state index contributed by atoms with van der Waals surface area (Å²) in [6.45, 7) is 4.29. The Bertz CT molecular complexity index is 972. The fraction of sp³-hybridized carbons (Fsp3) is 0.526. The molecule has 2 aliphatic rings. The standard InChI is InChI=1S/C19H23Cl2N5O2S2/c1-11-15(22)19(10-28-11)4-7-26(8-5-19)17-18(30(2)27)25-13(9-24-17)29-12-3-6-23-16(21)14(12)20/h3,6,9,11,15H,4-5,7-8,10,22H2,1-2H3/t11-,15+,30?/m0/s1. The van der Waals surface area contributed by atoms with Gasteiger partial charge in [-0.25, -0.2) is 15.0 Å². The van der Waals surface area contributed by atoms with Gasteiger partial charge in [0, 0.05) is 41.9 Å². The highest BCUT2D eigenvalue weighted by Crippen LogP contribution is 2.42. The third-order valence-electron chi connectivity index (χ3n) is 5.90. The van der Waals surface area contributed by atoms with Crippen molar-refractivity contribution in [2.75, 3.05) is 30.9 Å². The molecule has 0 aliphatic carbocycles. The minimum absolute atomic E-state index is 0.0159. The van der Waals surface area contributed by atoms with Gasteiger partial charge in [0.2, 0.25) is 0 Å². The second-order valence-corrected chi connectivity index (χ2v) is 10.8. The molecule has 7 nitrogen and oxygen atoms in total. The number of nitrogens with two attached hydrogens (primary N) is 1. The van der Waals surface area contributed by atoms with Gasteiger partial charge in [0.25, 0.3) is 0 Å². The lowest BCUT2D eigenvalue weighted by molar-refractivity contribution is 0.0973. The maximum atomic E-state index is 12.5. The lowest BCUT2D eigenvalue weighted by Gasteiger charge is -2.41. The molecular weight excluding hydrogens is 465 g/mol. The number of rotatable bonds is 4. The minimum Gasteiger partial charge on any atom is -0.376 e. The van der Waals surface area contributed by atoms with Crippen LogP contribution in [0.15, 0.2) is 33.4 Å². The number of hydrogen-bond acceptors (Lipinski definition) is 8. The van der Waals surface area contributed by atoms with Gasteiger partial charge < -0.3 is 15.4 Å². The molecule has 4 rings (SSSR count). The van der Waals surface area contributed by atoms with E-state index in [4.69, 9.17) is 33.7 Å². The van der Waals surface area contributed by atoms with Crippen LogP contribution in [0.1, 0.15) is 19.8 Å². The van der Waals surface area contributed by atoms with E-state index in [0.29, 0.717) is 27.5 Å². The van der Waals surface area contributed by atoms with Crippen LogP contribution in [0.3, 0.4) is 0 Å². The average Bonchev–Trinajstić information content (AvgIpc) is 3.01. The zero-order valence-electron chi connectivity index (χ0n) is 16.7. The lowest BCUT2D eigenvalue weighted by Crippen LogP contribution is -2.51. The van der Waals surface area contributed by atoms with Crippen molar-refractivity contribution in [3.8, 4) is 0 Å². The van der Waals surface area contributed by atoms with Crippen LogP contribution in [-0.4, -0.2) is 57.3 Å². The Kier molecular flexibility index (Phi) is 6.58. The van der Waals surface area contributed by atoms with Gasteiger partial charge >= 0.3 is 0 Å². The average molecular weight is 488 g/mol. The summed E-state index contributed by atoms with van der Waals surface area (Å²) in [6, 6.07) is 1.80. The summed E-state index contributed by atoms with van der Waals surface area (Å²) in [7, 11) is -1.29. The predicted octanol–water partition coefficient (Wildman–Crippen LogP) is 3.40. The Morgan fingerprint density at radius 3 is 2.70 bits per heavy atom. The second kappa shape index (κ2) is 8.88. The molecule has 2 fully saturated rings.